The molecule has 0 saturated heterocycles. The summed E-state index contributed by atoms with van der Waals surface area (Å²) in [7, 11) is 0. The van der Waals surface area contributed by atoms with E-state index in [1.54, 1.807) is 6.92 Å². The Balaban J connectivity index is 2.67. The molecule has 0 aromatic rings. The van der Waals surface area contributed by atoms with Gasteiger partial charge in [-0.25, -0.2) is 0 Å². The highest BCUT2D eigenvalue weighted by Gasteiger charge is 2.20. The van der Waals surface area contributed by atoms with Crippen molar-refractivity contribution in [1.29, 1.82) is 0 Å². The van der Waals surface area contributed by atoms with Crippen molar-refractivity contribution in [2.45, 2.75) is 58.4 Å². The Morgan fingerprint density at radius 2 is 2.00 bits per heavy atom. The molecule has 4 nitrogen and oxygen atoms in total. The fraction of sp³-hybridized carbons (Fsp3) is 0.769. The summed E-state index contributed by atoms with van der Waals surface area (Å²) in [5.74, 6) is 0.422. The Kier molecular flexibility index (Phi) is 5.32. The van der Waals surface area contributed by atoms with Crippen LogP contribution in [0.2, 0.25) is 0 Å². The highest BCUT2D eigenvalue weighted by molar-refractivity contribution is 5.93. The van der Waals surface area contributed by atoms with Gasteiger partial charge in [-0.1, -0.05) is 25.3 Å². The molecule has 0 spiro atoms. The molecule has 1 unspecified atom stereocenters. The van der Waals surface area contributed by atoms with E-state index in [1.807, 2.05) is 6.08 Å². The average Bonchev–Trinajstić information content (AvgIpc) is 2.29. The van der Waals surface area contributed by atoms with Crippen LogP contribution in [-0.4, -0.2) is 16.7 Å². The van der Waals surface area contributed by atoms with Crippen LogP contribution in [-0.2, 0) is 4.79 Å². The number of hydrogen-bond donors (Lipinski definition) is 0. The molecule has 0 aliphatic heterocycles. The summed E-state index contributed by atoms with van der Waals surface area (Å²) in [4.78, 5) is 21.8. The fourth-order valence-corrected chi connectivity index (χ4v) is 2.31. The monoisotopic (exact) mass is 239 g/mol. The minimum absolute atomic E-state index is 0.0238. The van der Waals surface area contributed by atoms with Gasteiger partial charge in [0.05, 0.1) is 0 Å². The first kappa shape index (κ1) is 13.9. The van der Waals surface area contributed by atoms with Gasteiger partial charge < -0.3 is 0 Å². The Hall–Kier alpha value is -1.19. The average molecular weight is 239 g/mol. The first-order valence-corrected chi connectivity index (χ1v) is 6.36. The number of rotatable bonds is 5. The quantitative estimate of drug-likeness (QED) is 0.420. The molecule has 0 N–H and O–H groups in total. The number of carbonyl (C=O) groups is 1. The van der Waals surface area contributed by atoms with Gasteiger partial charge in [0.1, 0.15) is 0 Å². The predicted octanol–water partition coefficient (Wildman–Crippen LogP) is 3.14. The van der Waals surface area contributed by atoms with Gasteiger partial charge in [-0.2, -0.15) is 0 Å². The van der Waals surface area contributed by atoms with Crippen molar-refractivity contribution in [1.82, 2.24) is 0 Å². The lowest BCUT2D eigenvalue weighted by Gasteiger charge is -2.19. The maximum Gasteiger partial charge on any atom is 0.214 e. The topological polar surface area (TPSA) is 60.2 Å². The summed E-state index contributed by atoms with van der Waals surface area (Å²) >= 11 is 0. The summed E-state index contributed by atoms with van der Waals surface area (Å²) < 4.78 is 0. The molecule has 1 saturated carbocycles. The van der Waals surface area contributed by atoms with Crippen molar-refractivity contribution in [3.63, 3.8) is 0 Å². The van der Waals surface area contributed by atoms with Gasteiger partial charge in [-0.05, 0) is 31.3 Å². The van der Waals surface area contributed by atoms with E-state index < -0.39 is 6.04 Å². The van der Waals surface area contributed by atoms with E-state index >= 15 is 0 Å². The van der Waals surface area contributed by atoms with Crippen LogP contribution in [0.25, 0.3) is 0 Å². The minimum Gasteiger partial charge on any atom is -0.295 e. The molecule has 1 fully saturated rings. The molecule has 0 aromatic carbocycles. The molecular formula is C13H21NO3. The van der Waals surface area contributed by atoms with Crippen molar-refractivity contribution in [3.05, 3.63) is 21.8 Å². The van der Waals surface area contributed by atoms with Crippen LogP contribution in [0.5, 0.6) is 0 Å². The summed E-state index contributed by atoms with van der Waals surface area (Å²) in [5.41, 5.74) is 0.640. The molecule has 1 atom stereocenters. The van der Waals surface area contributed by atoms with Crippen LogP contribution in [0.3, 0.4) is 0 Å². The third-order valence-electron chi connectivity index (χ3n) is 3.41. The van der Waals surface area contributed by atoms with Crippen LogP contribution >= 0.6 is 0 Å². The SMILES string of the molecule is CC(=O)/C(=C/C1CCCCC1)CC(C)[N+](=O)[O-]. The Morgan fingerprint density at radius 3 is 2.47 bits per heavy atom. The summed E-state index contributed by atoms with van der Waals surface area (Å²) in [6.45, 7) is 3.05. The van der Waals surface area contributed by atoms with Gasteiger partial charge >= 0.3 is 0 Å². The maximum atomic E-state index is 11.5. The standard InChI is InChI=1S/C13H21NO3/c1-10(14(16)17)8-13(11(2)15)9-12-6-4-3-5-7-12/h9-10,12H,3-8H2,1-2H3/b13-9+. The first-order chi connectivity index (χ1) is 8.00. The third kappa shape index (κ3) is 4.67. The fourth-order valence-electron chi connectivity index (χ4n) is 2.31. The lowest BCUT2D eigenvalue weighted by molar-refractivity contribution is -0.517. The predicted molar refractivity (Wildman–Crippen MR) is 66.4 cm³/mol. The molecule has 4 heteroatoms. The molecule has 0 heterocycles. The first-order valence-electron chi connectivity index (χ1n) is 6.36. The molecule has 0 aromatic heterocycles. The Labute approximate surface area is 102 Å². The van der Waals surface area contributed by atoms with Crippen molar-refractivity contribution in [3.8, 4) is 0 Å². The molecule has 1 aliphatic rings. The normalized spacial score (nSPS) is 20.0. The molecule has 96 valence electrons. The highest BCUT2D eigenvalue weighted by atomic mass is 16.6. The second-order valence-corrected chi connectivity index (χ2v) is 4.98. The highest BCUT2D eigenvalue weighted by Crippen LogP contribution is 2.26. The smallest absolute Gasteiger partial charge is 0.214 e. The van der Waals surface area contributed by atoms with E-state index in [4.69, 9.17) is 0 Å². The van der Waals surface area contributed by atoms with E-state index in [9.17, 15) is 14.9 Å². The number of hydrogen-bond acceptors (Lipinski definition) is 3. The number of Topliss-reactive ketones (excluding diaryl/α,β-unsaturated/α-hetero) is 1. The summed E-state index contributed by atoms with van der Waals surface area (Å²) in [5, 5.41) is 10.6. The van der Waals surface area contributed by atoms with Crippen molar-refractivity contribution in [2.24, 2.45) is 5.92 Å². The lowest BCUT2D eigenvalue weighted by atomic mass is 9.86. The second kappa shape index (κ2) is 6.52. The van der Waals surface area contributed by atoms with Crippen LogP contribution in [0.4, 0.5) is 0 Å². The van der Waals surface area contributed by atoms with Crippen molar-refractivity contribution < 1.29 is 9.72 Å². The molecule has 1 rings (SSSR count). The summed E-state index contributed by atoms with van der Waals surface area (Å²) in [6.07, 6.45) is 8.16. The van der Waals surface area contributed by atoms with E-state index in [0.29, 0.717) is 11.5 Å². The van der Waals surface area contributed by atoms with Gasteiger partial charge in [0.2, 0.25) is 6.04 Å². The van der Waals surface area contributed by atoms with Crippen molar-refractivity contribution >= 4 is 5.78 Å². The number of ketones is 1. The van der Waals surface area contributed by atoms with E-state index in [2.05, 4.69) is 0 Å². The minimum atomic E-state index is -0.672. The molecular weight excluding hydrogens is 218 g/mol. The van der Waals surface area contributed by atoms with Crippen molar-refractivity contribution in [2.75, 3.05) is 0 Å². The van der Waals surface area contributed by atoms with Gasteiger partial charge in [0, 0.05) is 18.3 Å². The van der Waals surface area contributed by atoms with E-state index in [-0.39, 0.29) is 17.1 Å². The molecule has 1 aliphatic carbocycles. The number of nitro groups is 1. The van der Waals surface area contributed by atoms with E-state index in [1.165, 1.54) is 26.2 Å². The number of nitrogens with zero attached hydrogens (tertiary/aromatic N) is 1. The molecule has 17 heavy (non-hydrogen) atoms. The number of carbonyl (C=O) groups excluding carboxylic acids is 1. The van der Waals surface area contributed by atoms with Gasteiger partial charge in [-0.3, -0.25) is 14.9 Å². The maximum absolute atomic E-state index is 11.5. The molecule has 0 radical (unpaired) electrons. The second-order valence-electron chi connectivity index (χ2n) is 4.98. The Bertz CT molecular complexity index is 317. The van der Waals surface area contributed by atoms with Gasteiger partial charge in [0.25, 0.3) is 0 Å². The summed E-state index contributed by atoms with van der Waals surface area (Å²) in [6, 6.07) is -0.672. The van der Waals surface area contributed by atoms with Crippen LogP contribution < -0.4 is 0 Å². The number of allylic oxidation sites excluding steroid dienone is 1. The van der Waals surface area contributed by atoms with Crippen LogP contribution in [0.15, 0.2) is 11.6 Å². The zero-order chi connectivity index (χ0) is 12.8. The van der Waals surface area contributed by atoms with Crippen LogP contribution in [0.1, 0.15) is 52.4 Å². The van der Waals surface area contributed by atoms with Crippen LogP contribution in [0, 0.1) is 16.0 Å². The molecule has 0 bridgehead atoms. The third-order valence-corrected chi connectivity index (χ3v) is 3.41. The molecule has 0 amide bonds. The zero-order valence-electron chi connectivity index (χ0n) is 10.6. The zero-order valence-corrected chi connectivity index (χ0v) is 10.6. The van der Waals surface area contributed by atoms with Gasteiger partial charge in [0.15, 0.2) is 5.78 Å². The van der Waals surface area contributed by atoms with Gasteiger partial charge in [-0.15, -0.1) is 0 Å². The lowest BCUT2D eigenvalue weighted by Crippen LogP contribution is -2.18. The largest absolute Gasteiger partial charge is 0.295 e. The Morgan fingerprint density at radius 1 is 1.41 bits per heavy atom. The van der Waals surface area contributed by atoms with E-state index in [0.717, 1.165) is 12.8 Å².